The van der Waals surface area contributed by atoms with E-state index in [0.717, 1.165) is 50.3 Å². The van der Waals surface area contributed by atoms with Gasteiger partial charge in [0, 0.05) is 37.1 Å². The predicted octanol–water partition coefficient (Wildman–Crippen LogP) is 6.70. The van der Waals surface area contributed by atoms with Crippen LogP contribution in [0.3, 0.4) is 0 Å². The molecule has 5 heteroatoms. The standard InChI is InChI=1S/C17H11N2O.C11H8N.Ir/c1-11-5-4-7-14(19-11)15-9-13-12-6-2-3-8-16(12)20-17(13)10-18-15;1-2-6-10(7-3-1)11-8-4-5-9-12-11;/h2-6,8-10H,1H3;1-6,8-9H;/q2*-1;. The van der Waals surface area contributed by atoms with Gasteiger partial charge in [-0.2, -0.15) is 12.1 Å². The number of para-hydroxylation sites is 1. The van der Waals surface area contributed by atoms with Crippen LogP contribution in [0.5, 0.6) is 0 Å². The van der Waals surface area contributed by atoms with Crippen LogP contribution in [0.2, 0.25) is 0 Å². The van der Waals surface area contributed by atoms with E-state index in [1.165, 1.54) is 0 Å². The molecule has 33 heavy (non-hydrogen) atoms. The van der Waals surface area contributed by atoms with Gasteiger partial charge < -0.3 is 14.4 Å². The molecule has 4 aromatic heterocycles. The van der Waals surface area contributed by atoms with Crippen molar-refractivity contribution < 1.29 is 24.5 Å². The third kappa shape index (κ3) is 5.06. The van der Waals surface area contributed by atoms with Gasteiger partial charge in [-0.1, -0.05) is 36.4 Å². The van der Waals surface area contributed by atoms with E-state index >= 15 is 0 Å². The molecule has 163 valence electrons. The monoisotopic (exact) mass is 606 g/mol. The van der Waals surface area contributed by atoms with Crippen LogP contribution in [-0.2, 0) is 20.1 Å². The fourth-order valence-electron chi connectivity index (χ4n) is 3.45. The fourth-order valence-corrected chi connectivity index (χ4v) is 3.45. The molecule has 0 aliphatic rings. The minimum atomic E-state index is 0. The zero-order valence-corrected chi connectivity index (χ0v) is 20.2. The summed E-state index contributed by atoms with van der Waals surface area (Å²) in [5, 5.41) is 2.15. The summed E-state index contributed by atoms with van der Waals surface area (Å²) in [6.45, 7) is 1.96. The Morgan fingerprint density at radius 2 is 1.58 bits per heavy atom. The van der Waals surface area contributed by atoms with Crippen molar-refractivity contribution in [3.8, 4) is 22.6 Å². The molecule has 6 aromatic rings. The second-order valence-corrected chi connectivity index (χ2v) is 7.23. The largest absolute Gasteiger partial charge is 0.455 e. The topological polar surface area (TPSA) is 51.8 Å². The van der Waals surface area contributed by atoms with Gasteiger partial charge in [-0.25, -0.2) is 0 Å². The Bertz CT molecular complexity index is 1440. The van der Waals surface area contributed by atoms with Crippen LogP contribution < -0.4 is 0 Å². The van der Waals surface area contributed by atoms with Crippen molar-refractivity contribution in [2.24, 2.45) is 0 Å². The second kappa shape index (κ2) is 10.3. The van der Waals surface area contributed by atoms with Gasteiger partial charge in [-0.05, 0) is 41.8 Å². The Kier molecular flexibility index (Phi) is 7.04. The van der Waals surface area contributed by atoms with Gasteiger partial charge in [0.1, 0.15) is 5.58 Å². The zero-order chi connectivity index (χ0) is 21.8. The third-order valence-corrected chi connectivity index (χ3v) is 4.99. The van der Waals surface area contributed by atoms with Gasteiger partial charge in [-0.15, -0.1) is 42.0 Å². The molecule has 0 saturated heterocycles. The van der Waals surface area contributed by atoms with Gasteiger partial charge in [0.2, 0.25) is 0 Å². The Morgan fingerprint density at radius 1 is 0.727 bits per heavy atom. The number of nitrogens with zero attached hydrogens (tertiary/aromatic N) is 3. The quantitative estimate of drug-likeness (QED) is 0.206. The molecule has 0 fully saturated rings. The Morgan fingerprint density at radius 3 is 2.36 bits per heavy atom. The van der Waals surface area contributed by atoms with Gasteiger partial charge in [0.15, 0.2) is 5.58 Å². The second-order valence-electron chi connectivity index (χ2n) is 7.23. The molecule has 0 aliphatic carbocycles. The average Bonchev–Trinajstić information content (AvgIpc) is 3.24. The maximum Gasteiger partial charge on any atom is 0.151 e. The van der Waals surface area contributed by atoms with Crippen LogP contribution in [0, 0.1) is 19.1 Å². The normalized spacial score (nSPS) is 10.3. The first-order valence-electron chi connectivity index (χ1n) is 10.3. The molecule has 0 N–H and O–H groups in total. The molecular weight excluding hydrogens is 587 g/mol. The maximum absolute atomic E-state index is 5.77. The molecule has 6 rings (SSSR count). The Hall–Kier alpha value is -3.66. The molecule has 0 unspecified atom stereocenters. The molecule has 0 saturated carbocycles. The van der Waals surface area contributed by atoms with Gasteiger partial charge >= 0.3 is 0 Å². The molecule has 4 nitrogen and oxygen atoms in total. The van der Waals surface area contributed by atoms with Crippen LogP contribution in [-0.4, -0.2) is 15.0 Å². The molecular formula is C28H19IrN3O-2. The molecule has 0 spiro atoms. The van der Waals surface area contributed by atoms with E-state index in [1.54, 1.807) is 12.4 Å². The summed E-state index contributed by atoms with van der Waals surface area (Å²) in [7, 11) is 0. The number of pyridine rings is 3. The van der Waals surface area contributed by atoms with Crippen molar-refractivity contribution in [3.63, 3.8) is 0 Å². The minimum Gasteiger partial charge on any atom is -0.455 e. The van der Waals surface area contributed by atoms with Gasteiger partial charge in [0.25, 0.3) is 0 Å². The molecule has 0 amide bonds. The van der Waals surface area contributed by atoms with E-state index in [0.29, 0.717) is 0 Å². The van der Waals surface area contributed by atoms with E-state index in [1.807, 2.05) is 85.8 Å². The summed E-state index contributed by atoms with van der Waals surface area (Å²) in [6.07, 6.45) is 3.54. The number of hydrogen-bond acceptors (Lipinski definition) is 4. The average molecular weight is 606 g/mol. The van der Waals surface area contributed by atoms with Crippen LogP contribution >= 0.6 is 0 Å². The molecule has 0 bridgehead atoms. The maximum atomic E-state index is 5.77. The minimum absolute atomic E-state index is 0. The van der Waals surface area contributed by atoms with E-state index in [4.69, 9.17) is 4.42 Å². The van der Waals surface area contributed by atoms with Crippen LogP contribution in [0.1, 0.15) is 5.69 Å². The van der Waals surface area contributed by atoms with Crippen LogP contribution in [0.25, 0.3) is 44.6 Å². The van der Waals surface area contributed by atoms with Gasteiger partial charge in [-0.3, -0.25) is 4.98 Å². The third-order valence-electron chi connectivity index (χ3n) is 4.99. The van der Waals surface area contributed by atoms with E-state index < -0.39 is 0 Å². The first-order chi connectivity index (χ1) is 15.8. The molecule has 0 atom stereocenters. The first kappa shape index (κ1) is 22.5. The summed E-state index contributed by atoms with van der Waals surface area (Å²) in [6, 6.07) is 33.7. The smallest absolute Gasteiger partial charge is 0.151 e. The van der Waals surface area contributed by atoms with E-state index in [2.05, 4.69) is 33.2 Å². The summed E-state index contributed by atoms with van der Waals surface area (Å²) in [4.78, 5) is 13.1. The molecule has 1 radical (unpaired) electrons. The summed E-state index contributed by atoms with van der Waals surface area (Å²) in [5.41, 5.74) is 6.21. The molecule has 4 heterocycles. The molecule has 0 aliphatic heterocycles. The zero-order valence-electron chi connectivity index (χ0n) is 17.8. The van der Waals surface area contributed by atoms with Crippen molar-refractivity contribution >= 4 is 21.9 Å². The number of rotatable bonds is 2. The predicted molar refractivity (Wildman–Crippen MR) is 127 cm³/mol. The van der Waals surface area contributed by atoms with Crippen molar-refractivity contribution in [2.45, 2.75) is 6.92 Å². The Balaban J connectivity index is 0.000000172. The van der Waals surface area contributed by atoms with Crippen LogP contribution in [0.15, 0.2) is 102 Å². The van der Waals surface area contributed by atoms with Crippen molar-refractivity contribution in [1.82, 2.24) is 15.0 Å². The van der Waals surface area contributed by atoms with Crippen LogP contribution in [0.4, 0.5) is 0 Å². The SMILES string of the molecule is Cc1cc[c-]c(-c2cc3c(cn2)oc2ccccc23)n1.[Ir].[c-]1ccccc1-c1ccccn1. The number of fused-ring (bicyclic) bond motifs is 3. The summed E-state index contributed by atoms with van der Waals surface area (Å²) >= 11 is 0. The number of hydrogen-bond donors (Lipinski definition) is 0. The van der Waals surface area contributed by atoms with Gasteiger partial charge in [0.05, 0.1) is 6.20 Å². The van der Waals surface area contributed by atoms with Crippen molar-refractivity contribution in [1.29, 1.82) is 0 Å². The number of aryl methyl sites for hydroxylation is 1. The number of furan rings is 1. The van der Waals surface area contributed by atoms with E-state index in [-0.39, 0.29) is 20.1 Å². The number of aromatic nitrogens is 3. The van der Waals surface area contributed by atoms with Crippen molar-refractivity contribution in [3.05, 3.63) is 115 Å². The number of benzene rings is 2. The Labute approximate surface area is 205 Å². The van der Waals surface area contributed by atoms with E-state index in [9.17, 15) is 0 Å². The van der Waals surface area contributed by atoms with Crippen molar-refractivity contribution in [2.75, 3.05) is 0 Å². The molecule has 2 aromatic carbocycles. The fraction of sp³-hybridized carbons (Fsp3) is 0.0357. The summed E-state index contributed by atoms with van der Waals surface area (Å²) < 4.78 is 5.77. The summed E-state index contributed by atoms with van der Waals surface area (Å²) in [5.74, 6) is 0. The first-order valence-corrected chi connectivity index (χ1v) is 10.3.